The molecule has 1 atom stereocenters. The third-order valence-electron chi connectivity index (χ3n) is 3.73. The molecular formula is C15H25N3. The van der Waals surface area contributed by atoms with Crippen molar-refractivity contribution in [1.29, 1.82) is 0 Å². The number of hydrogen-bond donors (Lipinski definition) is 1. The highest BCUT2D eigenvalue weighted by molar-refractivity contribution is 5.39. The lowest BCUT2D eigenvalue weighted by Gasteiger charge is -2.21. The highest BCUT2D eigenvalue weighted by atomic mass is 15.2. The van der Waals surface area contributed by atoms with Crippen LogP contribution in [0.15, 0.2) is 18.3 Å². The molecule has 1 fully saturated rings. The van der Waals surface area contributed by atoms with Crippen molar-refractivity contribution < 1.29 is 0 Å². The molecule has 1 unspecified atom stereocenters. The lowest BCUT2D eigenvalue weighted by Crippen LogP contribution is -2.25. The number of nitrogens with zero attached hydrogens (tertiary/aromatic N) is 2. The van der Waals surface area contributed by atoms with Gasteiger partial charge in [0.25, 0.3) is 0 Å². The van der Waals surface area contributed by atoms with Crippen molar-refractivity contribution in [1.82, 2.24) is 10.3 Å². The smallest absolute Gasteiger partial charge is 0.128 e. The fourth-order valence-electron chi connectivity index (χ4n) is 2.47. The average Bonchev–Trinajstić information content (AvgIpc) is 2.62. The van der Waals surface area contributed by atoms with E-state index in [-0.39, 0.29) is 0 Å². The Hall–Kier alpha value is -1.09. The zero-order chi connectivity index (χ0) is 12.8. The third-order valence-corrected chi connectivity index (χ3v) is 3.73. The predicted octanol–water partition coefficient (Wildman–Crippen LogP) is 2.82. The van der Waals surface area contributed by atoms with Crippen LogP contribution in [-0.2, 0) is 6.54 Å². The Morgan fingerprint density at radius 2 is 2.22 bits per heavy atom. The molecule has 1 aliphatic rings. The van der Waals surface area contributed by atoms with Gasteiger partial charge in [0.2, 0.25) is 0 Å². The number of hydrogen-bond acceptors (Lipinski definition) is 3. The van der Waals surface area contributed by atoms with Gasteiger partial charge in [-0.25, -0.2) is 4.98 Å². The van der Waals surface area contributed by atoms with E-state index in [2.05, 4.69) is 41.2 Å². The molecule has 2 heterocycles. The first-order valence-electron chi connectivity index (χ1n) is 7.20. The van der Waals surface area contributed by atoms with Crippen molar-refractivity contribution >= 4 is 5.82 Å². The van der Waals surface area contributed by atoms with E-state index in [1.54, 1.807) is 0 Å². The van der Waals surface area contributed by atoms with Crippen molar-refractivity contribution in [2.75, 3.05) is 24.5 Å². The molecule has 1 aliphatic heterocycles. The number of nitrogens with one attached hydrogen (secondary N) is 1. The van der Waals surface area contributed by atoms with E-state index >= 15 is 0 Å². The summed E-state index contributed by atoms with van der Waals surface area (Å²) in [4.78, 5) is 7.04. The van der Waals surface area contributed by atoms with Crippen LogP contribution in [0.2, 0.25) is 0 Å². The maximum absolute atomic E-state index is 4.61. The van der Waals surface area contributed by atoms with Crippen LogP contribution in [0.5, 0.6) is 0 Å². The number of aromatic nitrogens is 1. The second-order valence-corrected chi connectivity index (χ2v) is 5.33. The molecule has 0 spiro atoms. The SMILES string of the molecule is CCNCc1ccc(N2CCCC(C)CC2)nc1. The minimum absolute atomic E-state index is 0.864. The van der Waals surface area contributed by atoms with Gasteiger partial charge in [-0.2, -0.15) is 0 Å². The number of rotatable bonds is 4. The molecule has 18 heavy (non-hydrogen) atoms. The summed E-state index contributed by atoms with van der Waals surface area (Å²) in [6.45, 7) is 8.72. The first-order chi connectivity index (χ1) is 8.79. The molecule has 0 radical (unpaired) electrons. The summed E-state index contributed by atoms with van der Waals surface area (Å²) in [7, 11) is 0. The molecule has 1 aromatic heterocycles. The van der Waals surface area contributed by atoms with Gasteiger partial charge in [0, 0.05) is 25.8 Å². The molecule has 3 nitrogen and oxygen atoms in total. The molecule has 0 saturated carbocycles. The van der Waals surface area contributed by atoms with Crippen LogP contribution < -0.4 is 10.2 Å². The number of pyridine rings is 1. The molecule has 100 valence electrons. The van der Waals surface area contributed by atoms with Crippen LogP contribution in [0, 0.1) is 5.92 Å². The van der Waals surface area contributed by atoms with Gasteiger partial charge in [0.15, 0.2) is 0 Å². The molecule has 1 N–H and O–H groups in total. The molecule has 0 aliphatic carbocycles. The Bertz CT molecular complexity index is 347. The molecule has 0 bridgehead atoms. The minimum atomic E-state index is 0.864. The topological polar surface area (TPSA) is 28.2 Å². The maximum Gasteiger partial charge on any atom is 0.128 e. The standard InChI is InChI=1S/C15H25N3/c1-3-16-11-14-6-7-15(17-12-14)18-9-4-5-13(2)8-10-18/h6-7,12-13,16H,3-5,8-11H2,1-2H3. The van der Waals surface area contributed by atoms with Crippen molar-refractivity contribution in [2.24, 2.45) is 5.92 Å². The van der Waals surface area contributed by atoms with Gasteiger partial charge in [-0.05, 0) is 43.4 Å². The lowest BCUT2D eigenvalue weighted by molar-refractivity contribution is 0.521. The summed E-state index contributed by atoms with van der Waals surface area (Å²) in [6, 6.07) is 4.36. The van der Waals surface area contributed by atoms with Gasteiger partial charge in [-0.15, -0.1) is 0 Å². The summed E-state index contributed by atoms with van der Waals surface area (Å²) in [6.07, 6.45) is 5.95. The van der Waals surface area contributed by atoms with Gasteiger partial charge in [-0.1, -0.05) is 19.9 Å². The van der Waals surface area contributed by atoms with E-state index < -0.39 is 0 Å². The van der Waals surface area contributed by atoms with E-state index in [4.69, 9.17) is 0 Å². The van der Waals surface area contributed by atoms with Gasteiger partial charge in [0.05, 0.1) is 0 Å². The van der Waals surface area contributed by atoms with E-state index in [1.165, 1.54) is 24.8 Å². The monoisotopic (exact) mass is 247 g/mol. The van der Waals surface area contributed by atoms with Crippen LogP contribution >= 0.6 is 0 Å². The van der Waals surface area contributed by atoms with E-state index in [9.17, 15) is 0 Å². The lowest BCUT2D eigenvalue weighted by atomic mass is 10.0. The molecule has 3 heteroatoms. The summed E-state index contributed by atoms with van der Waals surface area (Å²) in [5.41, 5.74) is 1.27. The Morgan fingerprint density at radius 3 is 2.94 bits per heavy atom. The Balaban J connectivity index is 1.95. The Morgan fingerprint density at radius 1 is 1.33 bits per heavy atom. The average molecular weight is 247 g/mol. The first-order valence-corrected chi connectivity index (χ1v) is 7.20. The van der Waals surface area contributed by atoms with Crippen LogP contribution in [0.1, 0.15) is 38.7 Å². The van der Waals surface area contributed by atoms with Crippen molar-refractivity contribution in [2.45, 2.75) is 39.7 Å². The van der Waals surface area contributed by atoms with E-state index in [0.717, 1.165) is 37.9 Å². The largest absolute Gasteiger partial charge is 0.357 e. The van der Waals surface area contributed by atoms with Crippen LogP contribution in [0.3, 0.4) is 0 Å². The second kappa shape index (κ2) is 6.74. The third kappa shape index (κ3) is 3.70. The minimum Gasteiger partial charge on any atom is -0.357 e. The van der Waals surface area contributed by atoms with Gasteiger partial charge < -0.3 is 10.2 Å². The highest BCUT2D eigenvalue weighted by Gasteiger charge is 2.14. The first kappa shape index (κ1) is 13.3. The normalized spacial score (nSPS) is 20.8. The fourth-order valence-corrected chi connectivity index (χ4v) is 2.47. The van der Waals surface area contributed by atoms with Crippen LogP contribution in [0.4, 0.5) is 5.82 Å². The van der Waals surface area contributed by atoms with Crippen molar-refractivity contribution in [3.63, 3.8) is 0 Å². The van der Waals surface area contributed by atoms with Crippen molar-refractivity contribution in [3.05, 3.63) is 23.9 Å². The molecule has 1 saturated heterocycles. The van der Waals surface area contributed by atoms with Crippen LogP contribution in [-0.4, -0.2) is 24.6 Å². The Kier molecular flexibility index (Phi) is 5.00. The zero-order valence-electron chi connectivity index (χ0n) is 11.7. The summed E-state index contributed by atoms with van der Waals surface area (Å²) in [5.74, 6) is 2.01. The summed E-state index contributed by atoms with van der Waals surface area (Å²) < 4.78 is 0. The maximum atomic E-state index is 4.61. The Labute approximate surface area is 111 Å². The zero-order valence-corrected chi connectivity index (χ0v) is 11.7. The van der Waals surface area contributed by atoms with Gasteiger partial charge in [-0.3, -0.25) is 0 Å². The van der Waals surface area contributed by atoms with E-state index in [1.807, 2.05) is 6.20 Å². The molecule has 0 aromatic carbocycles. The molecule has 1 aromatic rings. The van der Waals surface area contributed by atoms with Gasteiger partial charge in [0.1, 0.15) is 5.82 Å². The predicted molar refractivity (Wildman–Crippen MR) is 76.8 cm³/mol. The van der Waals surface area contributed by atoms with Crippen LogP contribution in [0.25, 0.3) is 0 Å². The van der Waals surface area contributed by atoms with Crippen molar-refractivity contribution in [3.8, 4) is 0 Å². The second-order valence-electron chi connectivity index (χ2n) is 5.33. The quantitative estimate of drug-likeness (QED) is 0.887. The van der Waals surface area contributed by atoms with Gasteiger partial charge >= 0.3 is 0 Å². The number of anilines is 1. The molecule has 2 rings (SSSR count). The summed E-state index contributed by atoms with van der Waals surface area (Å²) in [5, 5.41) is 3.33. The van der Waals surface area contributed by atoms with E-state index in [0.29, 0.717) is 0 Å². The fraction of sp³-hybridized carbons (Fsp3) is 0.667. The highest BCUT2D eigenvalue weighted by Crippen LogP contribution is 2.20. The molecule has 0 amide bonds. The molecular weight excluding hydrogens is 222 g/mol. The summed E-state index contributed by atoms with van der Waals surface area (Å²) >= 11 is 0.